The molecule has 3 aliphatic carbocycles. The Balaban J connectivity index is 1.32. The average Bonchev–Trinajstić information content (AvgIpc) is 3.21. The molecule has 2 aromatic heterocycles. The Labute approximate surface area is 183 Å². The highest BCUT2D eigenvalue weighted by molar-refractivity contribution is 5.95. The van der Waals surface area contributed by atoms with Gasteiger partial charge in [-0.3, -0.25) is 14.0 Å². The molecule has 3 heterocycles. The summed E-state index contributed by atoms with van der Waals surface area (Å²) < 4.78 is 1.75. The molecule has 4 atom stereocenters. The van der Waals surface area contributed by atoms with Gasteiger partial charge in [-0.25, -0.2) is 4.98 Å². The van der Waals surface area contributed by atoms with Crippen molar-refractivity contribution >= 4 is 17.5 Å². The SMILES string of the molecule is CC1CNCCN1C(=O)c1cn2c(C(=O)NC[C@@H]3CC[C@H]4C[C@H]3C4(C)C)cccc2n1. The zero-order valence-corrected chi connectivity index (χ0v) is 18.7. The molecule has 3 saturated carbocycles. The van der Waals surface area contributed by atoms with Crippen molar-refractivity contribution in [2.45, 2.75) is 46.1 Å². The third kappa shape index (κ3) is 3.43. The quantitative estimate of drug-likeness (QED) is 0.792. The number of fused-ring (bicyclic) bond motifs is 3. The van der Waals surface area contributed by atoms with Crippen LogP contribution in [0.4, 0.5) is 0 Å². The molecule has 7 nitrogen and oxygen atoms in total. The first kappa shape index (κ1) is 20.5. The van der Waals surface area contributed by atoms with Gasteiger partial charge in [0.05, 0.1) is 0 Å². The molecule has 2 amide bonds. The Morgan fingerprint density at radius 1 is 1.29 bits per heavy atom. The fraction of sp³-hybridized carbons (Fsp3) is 0.625. The molecular formula is C24H33N5O2. The predicted octanol–water partition coefficient (Wildman–Crippen LogP) is 2.57. The third-order valence-corrected chi connectivity index (χ3v) is 8.23. The minimum absolute atomic E-state index is 0.0759. The monoisotopic (exact) mass is 423 g/mol. The predicted molar refractivity (Wildman–Crippen MR) is 119 cm³/mol. The third-order valence-electron chi connectivity index (χ3n) is 8.23. The number of carbonyl (C=O) groups is 2. The molecule has 1 unspecified atom stereocenters. The van der Waals surface area contributed by atoms with Crippen LogP contribution in [0.1, 0.15) is 61.0 Å². The van der Waals surface area contributed by atoms with Crippen molar-refractivity contribution in [2.75, 3.05) is 26.2 Å². The standard InChI is InChI=1S/C24H33N5O2/c1-15-12-25-9-10-28(15)23(31)19-14-29-20(5-4-6-21(29)27-19)22(30)26-13-16-7-8-17-11-18(16)24(17,2)3/h4-6,14-18,25H,7-13H2,1-3H3,(H,26,30)/t15?,16-,17-,18+/m0/s1. The normalized spacial score (nSPS) is 29.5. The summed E-state index contributed by atoms with van der Waals surface area (Å²) in [7, 11) is 0. The fourth-order valence-electron chi connectivity index (χ4n) is 6.11. The van der Waals surface area contributed by atoms with Crippen LogP contribution in [0.2, 0.25) is 0 Å². The number of pyridine rings is 1. The summed E-state index contributed by atoms with van der Waals surface area (Å²) in [5.41, 5.74) is 1.95. The van der Waals surface area contributed by atoms with E-state index in [1.165, 1.54) is 19.3 Å². The van der Waals surface area contributed by atoms with E-state index in [0.29, 0.717) is 40.8 Å². The van der Waals surface area contributed by atoms with Crippen LogP contribution in [0.5, 0.6) is 0 Å². The smallest absolute Gasteiger partial charge is 0.274 e. The molecule has 4 aliphatic rings. The lowest BCUT2D eigenvalue weighted by Crippen LogP contribution is -2.54. The molecule has 0 spiro atoms. The fourth-order valence-corrected chi connectivity index (χ4v) is 6.11. The average molecular weight is 424 g/mol. The number of hydrogen-bond acceptors (Lipinski definition) is 4. The van der Waals surface area contributed by atoms with E-state index in [-0.39, 0.29) is 17.9 Å². The van der Waals surface area contributed by atoms with E-state index in [1.807, 2.05) is 24.0 Å². The van der Waals surface area contributed by atoms with Crippen LogP contribution in [0.15, 0.2) is 24.4 Å². The second-order valence-corrected chi connectivity index (χ2v) is 10.2. The first-order valence-corrected chi connectivity index (χ1v) is 11.6. The highest BCUT2D eigenvalue weighted by Crippen LogP contribution is 2.61. The van der Waals surface area contributed by atoms with Gasteiger partial charge < -0.3 is 15.5 Å². The minimum Gasteiger partial charge on any atom is -0.350 e. The maximum absolute atomic E-state index is 13.1. The number of nitrogens with one attached hydrogen (secondary N) is 2. The Morgan fingerprint density at radius 3 is 2.87 bits per heavy atom. The van der Waals surface area contributed by atoms with Crippen LogP contribution < -0.4 is 10.6 Å². The summed E-state index contributed by atoms with van der Waals surface area (Å²) in [6, 6.07) is 5.60. The Hall–Kier alpha value is -2.41. The minimum atomic E-state index is -0.100. The summed E-state index contributed by atoms with van der Waals surface area (Å²) in [5, 5.41) is 6.47. The number of carbonyl (C=O) groups excluding carboxylic acids is 2. The van der Waals surface area contributed by atoms with Crippen LogP contribution in [-0.4, -0.2) is 58.3 Å². The van der Waals surface area contributed by atoms with Gasteiger partial charge >= 0.3 is 0 Å². The lowest BCUT2D eigenvalue weighted by Gasteiger charge is -2.60. The summed E-state index contributed by atoms with van der Waals surface area (Å²) in [6.45, 7) is 9.75. The van der Waals surface area contributed by atoms with E-state index < -0.39 is 0 Å². The van der Waals surface area contributed by atoms with Gasteiger partial charge in [-0.15, -0.1) is 0 Å². The summed E-state index contributed by atoms with van der Waals surface area (Å²) in [4.78, 5) is 32.4. The first-order chi connectivity index (χ1) is 14.9. The van der Waals surface area contributed by atoms with Crippen LogP contribution in [-0.2, 0) is 0 Å². The first-order valence-electron chi connectivity index (χ1n) is 11.6. The molecule has 0 radical (unpaired) electrons. The topological polar surface area (TPSA) is 78.7 Å². The van der Waals surface area contributed by atoms with Crippen molar-refractivity contribution in [1.82, 2.24) is 24.9 Å². The Kier molecular flexibility index (Phi) is 5.04. The zero-order valence-electron chi connectivity index (χ0n) is 18.7. The van der Waals surface area contributed by atoms with E-state index >= 15 is 0 Å². The summed E-state index contributed by atoms with van der Waals surface area (Å²) in [6.07, 6.45) is 5.50. The van der Waals surface area contributed by atoms with E-state index in [1.54, 1.807) is 16.7 Å². The number of rotatable bonds is 4. The van der Waals surface area contributed by atoms with Crippen molar-refractivity contribution < 1.29 is 9.59 Å². The van der Waals surface area contributed by atoms with Crippen LogP contribution in [0.25, 0.3) is 5.65 Å². The molecule has 6 rings (SSSR count). The van der Waals surface area contributed by atoms with E-state index in [2.05, 4.69) is 29.5 Å². The highest BCUT2D eigenvalue weighted by Gasteiger charge is 2.53. The Morgan fingerprint density at radius 2 is 2.13 bits per heavy atom. The molecule has 4 fully saturated rings. The van der Waals surface area contributed by atoms with Crippen LogP contribution in [0.3, 0.4) is 0 Å². The van der Waals surface area contributed by atoms with Crippen LogP contribution in [0, 0.1) is 23.2 Å². The van der Waals surface area contributed by atoms with E-state index in [4.69, 9.17) is 0 Å². The maximum atomic E-state index is 13.1. The molecule has 0 aromatic carbocycles. The number of aromatic nitrogens is 2. The molecule has 2 bridgehead atoms. The number of piperazine rings is 1. The summed E-state index contributed by atoms with van der Waals surface area (Å²) in [5.74, 6) is 1.95. The molecule has 31 heavy (non-hydrogen) atoms. The van der Waals surface area contributed by atoms with Gasteiger partial charge in [0.1, 0.15) is 17.0 Å². The molecule has 2 N–H and O–H groups in total. The van der Waals surface area contributed by atoms with Crippen molar-refractivity contribution in [3.8, 4) is 0 Å². The van der Waals surface area contributed by atoms with Gasteiger partial charge in [0.25, 0.3) is 11.8 Å². The van der Waals surface area contributed by atoms with Gasteiger partial charge in [-0.1, -0.05) is 19.9 Å². The summed E-state index contributed by atoms with van der Waals surface area (Å²) >= 11 is 0. The lowest BCUT2D eigenvalue weighted by molar-refractivity contribution is -0.103. The molecule has 2 aromatic rings. The van der Waals surface area contributed by atoms with E-state index in [9.17, 15) is 9.59 Å². The molecule has 166 valence electrons. The highest BCUT2D eigenvalue weighted by atomic mass is 16.2. The maximum Gasteiger partial charge on any atom is 0.274 e. The molecule has 7 heteroatoms. The van der Waals surface area contributed by atoms with Gasteiger partial charge in [-0.05, 0) is 61.5 Å². The Bertz CT molecular complexity index is 1010. The van der Waals surface area contributed by atoms with Gasteiger partial charge in [0.15, 0.2) is 0 Å². The number of amides is 2. The van der Waals surface area contributed by atoms with Crippen molar-refractivity contribution in [1.29, 1.82) is 0 Å². The van der Waals surface area contributed by atoms with E-state index in [0.717, 1.165) is 25.6 Å². The molecule has 1 aliphatic heterocycles. The second kappa shape index (κ2) is 7.62. The zero-order chi connectivity index (χ0) is 21.8. The van der Waals surface area contributed by atoms with Gasteiger partial charge in [0.2, 0.25) is 0 Å². The van der Waals surface area contributed by atoms with Crippen molar-refractivity contribution in [2.24, 2.45) is 23.2 Å². The van der Waals surface area contributed by atoms with Crippen molar-refractivity contribution in [3.63, 3.8) is 0 Å². The van der Waals surface area contributed by atoms with Crippen molar-refractivity contribution in [3.05, 3.63) is 35.8 Å². The number of hydrogen-bond donors (Lipinski definition) is 2. The lowest BCUT2D eigenvalue weighted by atomic mass is 9.45. The van der Waals surface area contributed by atoms with Gasteiger partial charge in [-0.2, -0.15) is 0 Å². The number of nitrogens with zero attached hydrogens (tertiary/aromatic N) is 3. The van der Waals surface area contributed by atoms with Crippen LogP contribution >= 0.6 is 0 Å². The number of imidazole rings is 1. The molecular weight excluding hydrogens is 390 g/mol. The second-order valence-electron chi connectivity index (χ2n) is 10.2. The van der Waals surface area contributed by atoms with Gasteiger partial charge in [0, 0.05) is 38.4 Å². The molecule has 1 saturated heterocycles. The largest absolute Gasteiger partial charge is 0.350 e.